The van der Waals surface area contributed by atoms with Crippen LogP contribution in [0.2, 0.25) is 0 Å². The van der Waals surface area contributed by atoms with Crippen LogP contribution in [0.1, 0.15) is 101 Å². The van der Waals surface area contributed by atoms with Crippen molar-refractivity contribution < 1.29 is 9.21 Å². The van der Waals surface area contributed by atoms with Crippen molar-refractivity contribution in [3.63, 3.8) is 0 Å². The minimum Gasteiger partial charge on any atom is -0.448 e. The van der Waals surface area contributed by atoms with Crippen LogP contribution >= 0.6 is 0 Å². The van der Waals surface area contributed by atoms with Gasteiger partial charge >= 0.3 is 0 Å². The SMILES string of the molecule is NC(=O)C[C@@H](CCCC1CCCCC1)c1nc(CNC2CCCC2)co1. The fourth-order valence-electron chi connectivity index (χ4n) is 4.65. The second-order valence-corrected chi connectivity index (χ2v) is 8.34. The largest absolute Gasteiger partial charge is 0.448 e. The molecule has 0 aromatic carbocycles. The Labute approximate surface area is 157 Å². The minimum atomic E-state index is -0.267. The number of oxazole rings is 1. The Balaban J connectivity index is 1.48. The van der Waals surface area contributed by atoms with Crippen LogP contribution in [0.4, 0.5) is 0 Å². The molecule has 1 atom stereocenters. The van der Waals surface area contributed by atoms with Gasteiger partial charge < -0.3 is 15.5 Å². The summed E-state index contributed by atoms with van der Waals surface area (Å²) in [6, 6.07) is 0.618. The summed E-state index contributed by atoms with van der Waals surface area (Å²) >= 11 is 0. The van der Waals surface area contributed by atoms with Crippen LogP contribution in [0.15, 0.2) is 10.7 Å². The second-order valence-electron chi connectivity index (χ2n) is 8.34. The van der Waals surface area contributed by atoms with Crippen molar-refractivity contribution in [3.8, 4) is 0 Å². The van der Waals surface area contributed by atoms with E-state index in [9.17, 15) is 4.79 Å². The van der Waals surface area contributed by atoms with Gasteiger partial charge in [0.2, 0.25) is 5.91 Å². The Morgan fingerprint density at radius 3 is 2.65 bits per heavy atom. The molecule has 26 heavy (non-hydrogen) atoms. The van der Waals surface area contributed by atoms with Gasteiger partial charge in [0, 0.05) is 24.9 Å². The molecule has 3 N–H and O–H groups in total. The highest BCUT2D eigenvalue weighted by atomic mass is 16.3. The van der Waals surface area contributed by atoms with E-state index in [4.69, 9.17) is 10.2 Å². The number of carbonyl (C=O) groups is 1. The lowest BCUT2D eigenvalue weighted by Crippen LogP contribution is -2.25. The van der Waals surface area contributed by atoms with E-state index < -0.39 is 0 Å². The monoisotopic (exact) mass is 361 g/mol. The fourth-order valence-corrected chi connectivity index (χ4v) is 4.65. The first-order valence-corrected chi connectivity index (χ1v) is 10.7. The summed E-state index contributed by atoms with van der Waals surface area (Å²) in [6.45, 7) is 0.750. The highest BCUT2D eigenvalue weighted by molar-refractivity contribution is 5.74. The van der Waals surface area contributed by atoms with E-state index in [0.717, 1.165) is 31.0 Å². The first-order valence-electron chi connectivity index (χ1n) is 10.7. The zero-order chi connectivity index (χ0) is 18.2. The number of hydrogen-bond donors (Lipinski definition) is 2. The van der Waals surface area contributed by atoms with Gasteiger partial charge in [-0.05, 0) is 25.2 Å². The molecule has 2 fully saturated rings. The van der Waals surface area contributed by atoms with Crippen molar-refractivity contribution >= 4 is 5.91 Å². The first kappa shape index (κ1) is 19.4. The van der Waals surface area contributed by atoms with Crippen LogP contribution in [0.5, 0.6) is 0 Å². The quantitative estimate of drug-likeness (QED) is 0.646. The molecule has 5 nitrogen and oxygen atoms in total. The molecule has 0 radical (unpaired) electrons. The smallest absolute Gasteiger partial charge is 0.218 e. The Morgan fingerprint density at radius 1 is 1.19 bits per heavy atom. The summed E-state index contributed by atoms with van der Waals surface area (Å²) in [5.41, 5.74) is 6.41. The summed E-state index contributed by atoms with van der Waals surface area (Å²) in [5.74, 6) is 1.32. The number of amides is 1. The normalized spacial score (nSPS) is 20.5. The van der Waals surface area contributed by atoms with Gasteiger partial charge in [-0.25, -0.2) is 4.98 Å². The Bertz CT molecular complexity index is 545. The Hall–Kier alpha value is -1.36. The summed E-state index contributed by atoms with van der Waals surface area (Å²) in [4.78, 5) is 16.1. The summed E-state index contributed by atoms with van der Waals surface area (Å²) < 4.78 is 5.73. The van der Waals surface area contributed by atoms with E-state index in [2.05, 4.69) is 10.3 Å². The standard InChI is InChI=1S/C21H35N3O2/c22-20(25)13-17(10-6-9-16-7-2-1-3-8-16)21-24-19(15-26-21)14-23-18-11-4-5-12-18/h15-18,23H,1-14H2,(H2,22,25)/t17-/m1/s1. The molecular formula is C21H35N3O2. The van der Waals surface area contributed by atoms with Crippen LogP contribution in [-0.2, 0) is 11.3 Å². The molecule has 0 bridgehead atoms. The molecule has 5 heteroatoms. The molecular weight excluding hydrogens is 326 g/mol. The fraction of sp³-hybridized carbons (Fsp3) is 0.810. The lowest BCUT2D eigenvalue weighted by molar-refractivity contribution is -0.118. The average Bonchev–Trinajstić information content (AvgIpc) is 3.31. The molecule has 1 aromatic rings. The van der Waals surface area contributed by atoms with E-state index in [-0.39, 0.29) is 11.8 Å². The van der Waals surface area contributed by atoms with Crippen molar-refractivity contribution in [3.05, 3.63) is 17.8 Å². The lowest BCUT2D eigenvalue weighted by Gasteiger charge is -2.22. The predicted molar refractivity (Wildman–Crippen MR) is 103 cm³/mol. The van der Waals surface area contributed by atoms with Crippen LogP contribution in [0.3, 0.4) is 0 Å². The predicted octanol–water partition coefficient (Wildman–Crippen LogP) is 4.42. The Morgan fingerprint density at radius 2 is 1.92 bits per heavy atom. The van der Waals surface area contributed by atoms with E-state index in [0.29, 0.717) is 18.4 Å². The third-order valence-electron chi connectivity index (χ3n) is 6.18. The van der Waals surface area contributed by atoms with Gasteiger partial charge in [0.25, 0.3) is 0 Å². The van der Waals surface area contributed by atoms with Crippen molar-refractivity contribution in [2.45, 2.75) is 102 Å². The number of nitrogens with two attached hydrogens (primary N) is 1. The molecule has 2 saturated carbocycles. The molecule has 2 aliphatic carbocycles. The van der Waals surface area contributed by atoms with Gasteiger partial charge in [0.05, 0.1) is 5.69 Å². The number of nitrogens with one attached hydrogen (secondary N) is 1. The van der Waals surface area contributed by atoms with Gasteiger partial charge in [0.1, 0.15) is 6.26 Å². The molecule has 146 valence electrons. The third kappa shape index (κ3) is 6.11. The average molecular weight is 362 g/mol. The number of rotatable bonds is 10. The second kappa shape index (κ2) is 10.1. The van der Waals surface area contributed by atoms with Crippen LogP contribution < -0.4 is 11.1 Å². The lowest BCUT2D eigenvalue weighted by atomic mass is 9.84. The molecule has 0 spiro atoms. The van der Waals surface area contributed by atoms with E-state index in [1.165, 1.54) is 64.2 Å². The zero-order valence-corrected chi connectivity index (χ0v) is 16.0. The van der Waals surface area contributed by atoms with Crippen molar-refractivity contribution in [2.24, 2.45) is 11.7 Å². The van der Waals surface area contributed by atoms with Crippen LogP contribution in [-0.4, -0.2) is 16.9 Å². The van der Waals surface area contributed by atoms with Gasteiger partial charge in [-0.15, -0.1) is 0 Å². The van der Waals surface area contributed by atoms with E-state index in [1.807, 2.05) is 0 Å². The van der Waals surface area contributed by atoms with E-state index in [1.54, 1.807) is 6.26 Å². The molecule has 1 heterocycles. The Kier molecular flexibility index (Phi) is 7.54. The molecule has 0 unspecified atom stereocenters. The number of aromatic nitrogens is 1. The maximum atomic E-state index is 11.5. The van der Waals surface area contributed by atoms with E-state index >= 15 is 0 Å². The van der Waals surface area contributed by atoms with Crippen molar-refractivity contribution in [1.29, 1.82) is 0 Å². The van der Waals surface area contributed by atoms with Crippen molar-refractivity contribution in [1.82, 2.24) is 10.3 Å². The summed E-state index contributed by atoms with van der Waals surface area (Å²) in [6.07, 6.45) is 17.5. The number of carbonyl (C=O) groups excluding carboxylic acids is 1. The maximum absolute atomic E-state index is 11.5. The maximum Gasteiger partial charge on any atom is 0.218 e. The van der Waals surface area contributed by atoms with Gasteiger partial charge in [0.15, 0.2) is 5.89 Å². The van der Waals surface area contributed by atoms with Gasteiger partial charge in [-0.1, -0.05) is 57.8 Å². The molecule has 1 amide bonds. The highest BCUT2D eigenvalue weighted by Gasteiger charge is 2.22. The zero-order valence-electron chi connectivity index (χ0n) is 16.0. The number of hydrogen-bond acceptors (Lipinski definition) is 4. The number of nitrogens with zero attached hydrogens (tertiary/aromatic N) is 1. The molecule has 0 aliphatic heterocycles. The van der Waals surface area contributed by atoms with Crippen LogP contribution in [0.25, 0.3) is 0 Å². The summed E-state index contributed by atoms with van der Waals surface area (Å²) in [5, 5.41) is 3.56. The van der Waals surface area contributed by atoms with Crippen LogP contribution in [0, 0.1) is 5.92 Å². The topological polar surface area (TPSA) is 81.2 Å². The molecule has 1 aromatic heterocycles. The minimum absolute atomic E-state index is 0.0244. The number of primary amides is 1. The third-order valence-corrected chi connectivity index (χ3v) is 6.18. The first-order chi connectivity index (χ1) is 12.7. The highest BCUT2D eigenvalue weighted by Crippen LogP contribution is 2.31. The van der Waals surface area contributed by atoms with Gasteiger partial charge in [-0.3, -0.25) is 4.79 Å². The van der Waals surface area contributed by atoms with Crippen molar-refractivity contribution in [2.75, 3.05) is 0 Å². The summed E-state index contributed by atoms with van der Waals surface area (Å²) in [7, 11) is 0. The molecule has 0 saturated heterocycles. The molecule has 3 rings (SSSR count). The van der Waals surface area contributed by atoms with Gasteiger partial charge in [-0.2, -0.15) is 0 Å². The molecule has 2 aliphatic rings.